The summed E-state index contributed by atoms with van der Waals surface area (Å²) in [6.07, 6.45) is 5.34. The second kappa shape index (κ2) is 10.1. The van der Waals surface area contributed by atoms with Gasteiger partial charge < -0.3 is 25.8 Å². The van der Waals surface area contributed by atoms with Gasteiger partial charge in [0.05, 0.1) is 21.5 Å². The Bertz CT molecular complexity index is 1070. The molecule has 174 valence electrons. The average molecular weight is 488 g/mol. The normalized spacial score (nSPS) is 21.5. The fraction of sp³-hybridized carbons (Fsp3) is 0.333. The summed E-state index contributed by atoms with van der Waals surface area (Å²) < 4.78 is 11.5. The van der Waals surface area contributed by atoms with Crippen molar-refractivity contribution in [3.63, 3.8) is 0 Å². The van der Waals surface area contributed by atoms with E-state index in [1.165, 1.54) is 0 Å². The second-order valence-electron chi connectivity index (χ2n) is 8.17. The lowest BCUT2D eigenvalue weighted by molar-refractivity contribution is -0.123. The van der Waals surface area contributed by atoms with Crippen molar-refractivity contribution in [1.29, 1.82) is 0 Å². The number of amides is 2. The van der Waals surface area contributed by atoms with Crippen LogP contribution < -0.4 is 25.8 Å². The van der Waals surface area contributed by atoms with E-state index in [-0.39, 0.29) is 18.9 Å². The Morgan fingerprint density at radius 1 is 1.15 bits per heavy atom. The van der Waals surface area contributed by atoms with Gasteiger partial charge in [-0.2, -0.15) is 12.6 Å². The number of halogens is 1. The first-order valence-electron chi connectivity index (χ1n) is 10.7. The molecule has 1 aliphatic carbocycles. The van der Waals surface area contributed by atoms with Crippen molar-refractivity contribution in [1.82, 2.24) is 10.6 Å². The number of ether oxygens (including phenoxy) is 2. The molecule has 1 saturated carbocycles. The number of hydrogen-bond acceptors (Lipinski definition) is 6. The summed E-state index contributed by atoms with van der Waals surface area (Å²) in [5, 5.41) is 5.78. The summed E-state index contributed by atoms with van der Waals surface area (Å²) in [6, 6.07) is 11.4. The Morgan fingerprint density at radius 3 is 2.52 bits per heavy atom. The molecule has 33 heavy (non-hydrogen) atoms. The molecule has 2 heterocycles. The van der Waals surface area contributed by atoms with Crippen LogP contribution in [0.15, 0.2) is 54.6 Å². The van der Waals surface area contributed by atoms with E-state index >= 15 is 0 Å². The third-order valence-corrected chi connectivity index (χ3v) is 6.54. The summed E-state index contributed by atoms with van der Waals surface area (Å²) in [7, 11) is 0. The quantitative estimate of drug-likeness (QED) is 0.303. The second-order valence-corrected chi connectivity index (χ2v) is 9.14. The first-order valence-corrected chi connectivity index (χ1v) is 11.6. The predicted octanol–water partition coefficient (Wildman–Crippen LogP) is 2.87. The van der Waals surface area contributed by atoms with Gasteiger partial charge in [-0.1, -0.05) is 29.8 Å². The molecule has 0 saturated heterocycles. The maximum Gasteiger partial charge on any atom is 0.255 e. The molecule has 3 aliphatic rings. The van der Waals surface area contributed by atoms with E-state index in [2.05, 4.69) is 23.3 Å². The fourth-order valence-corrected chi connectivity index (χ4v) is 4.20. The number of carbonyl (C=O) groups is 2. The van der Waals surface area contributed by atoms with Crippen molar-refractivity contribution in [3.05, 3.63) is 70.8 Å². The predicted molar refractivity (Wildman–Crippen MR) is 130 cm³/mol. The van der Waals surface area contributed by atoms with E-state index in [1.54, 1.807) is 42.5 Å². The molecule has 2 aliphatic heterocycles. The van der Waals surface area contributed by atoms with E-state index in [0.29, 0.717) is 28.7 Å². The van der Waals surface area contributed by atoms with Gasteiger partial charge in [0.1, 0.15) is 30.8 Å². The zero-order valence-electron chi connectivity index (χ0n) is 17.9. The van der Waals surface area contributed by atoms with Crippen LogP contribution in [0.3, 0.4) is 0 Å². The average Bonchev–Trinajstić information content (AvgIpc) is 3.57. The van der Waals surface area contributed by atoms with Crippen molar-refractivity contribution in [2.24, 2.45) is 5.73 Å². The number of fused-ring (bicyclic) bond motifs is 9. The van der Waals surface area contributed by atoms with Crippen molar-refractivity contribution < 1.29 is 19.1 Å². The van der Waals surface area contributed by atoms with Crippen LogP contribution in [0.4, 0.5) is 0 Å². The smallest absolute Gasteiger partial charge is 0.255 e. The maximum absolute atomic E-state index is 13.2. The van der Waals surface area contributed by atoms with Gasteiger partial charge in [0, 0.05) is 6.42 Å². The van der Waals surface area contributed by atoms with Gasteiger partial charge in [0.15, 0.2) is 0 Å². The molecule has 0 spiro atoms. The highest BCUT2D eigenvalue weighted by atomic mass is 35.5. The lowest BCUT2D eigenvalue weighted by Crippen LogP contribution is -2.55. The standard InChI is InChI=1S/C24H26ClN3O4S/c25-17-13-15-7-8-20(17)32-12-4-3-11-31-19-6-2-1-5-16(19)21(29)27-18(14-15)22(30)28-24(9-10-24)23(26)33/h1-8,13,18,23,33H,9-12,14,26H2,(H,27,29)(H,28,30)/b4-3+/t18-,23?/m0/s1. The Balaban J connectivity index is 1.65. The van der Waals surface area contributed by atoms with Crippen LogP contribution in [0.1, 0.15) is 28.8 Å². The molecule has 2 aromatic carbocycles. The molecule has 7 nitrogen and oxygen atoms in total. The molecule has 2 aromatic rings. The van der Waals surface area contributed by atoms with Gasteiger partial charge in [-0.15, -0.1) is 0 Å². The highest BCUT2D eigenvalue weighted by Gasteiger charge is 2.48. The third-order valence-electron chi connectivity index (χ3n) is 5.75. The first kappa shape index (κ1) is 23.5. The minimum atomic E-state index is -0.856. The van der Waals surface area contributed by atoms with E-state index in [0.717, 1.165) is 18.4 Å². The zero-order valence-corrected chi connectivity index (χ0v) is 19.6. The number of nitrogens with two attached hydrogens (primary N) is 1. The third kappa shape index (κ3) is 5.63. The number of rotatable bonds is 3. The Labute approximate surface area is 203 Å². The van der Waals surface area contributed by atoms with Crippen LogP contribution in [0.5, 0.6) is 11.5 Å². The molecular formula is C24H26ClN3O4S. The van der Waals surface area contributed by atoms with Gasteiger partial charge in [-0.05, 0) is 54.8 Å². The lowest BCUT2D eigenvalue weighted by atomic mass is 10.0. The minimum absolute atomic E-state index is 0.235. The first-order chi connectivity index (χ1) is 15.9. The molecule has 0 aromatic heterocycles. The molecular weight excluding hydrogens is 462 g/mol. The summed E-state index contributed by atoms with van der Waals surface area (Å²) in [5.74, 6) is 0.220. The lowest BCUT2D eigenvalue weighted by Gasteiger charge is -2.25. The summed E-state index contributed by atoms with van der Waals surface area (Å²) in [6.45, 7) is 0.578. The monoisotopic (exact) mass is 487 g/mol. The molecule has 1 fully saturated rings. The number of carbonyl (C=O) groups excluding carboxylic acids is 2. The van der Waals surface area contributed by atoms with E-state index < -0.39 is 22.9 Å². The fourth-order valence-electron chi connectivity index (χ4n) is 3.62. The molecule has 4 N–H and O–H groups in total. The number of nitrogens with one attached hydrogen (secondary N) is 2. The Kier molecular flexibility index (Phi) is 7.17. The van der Waals surface area contributed by atoms with Crippen molar-refractivity contribution in [3.8, 4) is 11.5 Å². The summed E-state index contributed by atoms with van der Waals surface area (Å²) in [4.78, 5) is 26.4. The molecule has 5 rings (SSSR count). The van der Waals surface area contributed by atoms with Crippen molar-refractivity contribution in [2.75, 3.05) is 13.2 Å². The van der Waals surface area contributed by atoms with Gasteiger partial charge >= 0.3 is 0 Å². The van der Waals surface area contributed by atoms with Crippen LogP contribution in [0.2, 0.25) is 5.02 Å². The largest absolute Gasteiger partial charge is 0.489 e. The highest BCUT2D eigenvalue weighted by molar-refractivity contribution is 7.81. The van der Waals surface area contributed by atoms with Gasteiger partial charge in [0.2, 0.25) is 5.91 Å². The van der Waals surface area contributed by atoms with Gasteiger partial charge in [-0.3, -0.25) is 9.59 Å². The number of benzene rings is 2. The topological polar surface area (TPSA) is 103 Å². The summed E-state index contributed by atoms with van der Waals surface area (Å²) >= 11 is 10.7. The SMILES string of the molecule is NC(S)C1(NC(=O)[C@@H]2Cc3ccc(c(Cl)c3)OC/C=C/COc3ccccc3C(=O)N2)CC1. The van der Waals surface area contributed by atoms with E-state index in [1.807, 2.05) is 12.1 Å². The Hall–Kier alpha value is -2.68. The van der Waals surface area contributed by atoms with Crippen LogP contribution in [0.25, 0.3) is 0 Å². The van der Waals surface area contributed by atoms with Crippen LogP contribution in [0, 0.1) is 0 Å². The van der Waals surface area contributed by atoms with Gasteiger partial charge in [0.25, 0.3) is 5.91 Å². The molecule has 2 bridgehead atoms. The van der Waals surface area contributed by atoms with E-state index in [9.17, 15) is 9.59 Å². The van der Waals surface area contributed by atoms with Crippen LogP contribution >= 0.6 is 24.2 Å². The van der Waals surface area contributed by atoms with E-state index in [4.69, 9.17) is 26.8 Å². The molecule has 9 heteroatoms. The zero-order chi connectivity index (χ0) is 23.4. The maximum atomic E-state index is 13.2. The van der Waals surface area contributed by atoms with Gasteiger partial charge in [-0.25, -0.2) is 0 Å². The number of thiol groups is 1. The minimum Gasteiger partial charge on any atom is -0.489 e. The van der Waals surface area contributed by atoms with Crippen LogP contribution in [-0.2, 0) is 11.2 Å². The molecule has 2 amide bonds. The van der Waals surface area contributed by atoms with Crippen molar-refractivity contribution >= 4 is 36.0 Å². The molecule has 1 unspecified atom stereocenters. The molecule has 2 atom stereocenters. The number of hydrogen-bond donors (Lipinski definition) is 4. The highest BCUT2D eigenvalue weighted by Crippen LogP contribution is 2.39. The molecule has 0 radical (unpaired) electrons. The van der Waals surface area contributed by atoms with Crippen LogP contribution in [-0.4, -0.2) is 42.0 Å². The Morgan fingerprint density at radius 2 is 1.85 bits per heavy atom. The number of para-hydroxylation sites is 1. The van der Waals surface area contributed by atoms with Crippen molar-refractivity contribution in [2.45, 2.75) is 36.2 Å². The summed E-state index contributed by atoms with van der Waals surface area (Å²) in [5.41, 5.74) is 6.52.